The topological polar surface area (TPSA) is 92.4 Å². The number of halogens is 2. The third-order valence-corrected chi connectivity index (χ3v) is 3.54. The van der Waals surface area contributed by atoms with Gasteiger partial charge in [0.15, 0.2) is 0 Å². The first-order valence-corrected chi connectivity index (χ1v) is 6.95. The maximum absolute atomic E-state index is 12.2. The van der Waals surface area contributed by atoms with Crippen molar-refractivity contribution in [2.45, 2.75) is 0 Å². The molecule has 0 aliphatic rings. The largest absolute Gasteiger partial charge is 0.478 e. The molecule has 5 nitrogen and oxygen atoms in total. The van der Waals surface area contributed by atoms with E-state index in [0.29, 0.717) is 5.69 Å². The number of carbonyl (C=O) groups is 2. The summed E-state index contributed by atoms with van der Waals surface area (Å²) in [6, 6.07) is 8.89. The number of amides is 1. The molecule has 0 spiro atoms. The van der Waals surface area contributed by atoms with Gasteiger partial charge in [-0.15, -0.1) is 0 Å². The maximum atomic E-state index is 12.2. The van der Waals surface area contributed by atoms with Gasteiger partial charge in [0.2, 0.25) is 0 Å². The number of nitrogen functional groups attached to an aromatic ring is 1. The second kappa shape index (κ2) is 6.15. The fourth-order valence-corrected chi connectivity index (χ4v) is 2.23. The number of rotatable bonds is 3. The second-order valence-corrected chi connectivity index (χ2v) is 5.51. The van der Waals surface area contributed by atoms with E-state index in [-0.39, 0.29) is 21.8 Å². The Morgan fingerprint density at radius 1 is 1.19 bits per heavy atom. The lowest BCUT2D eigenvalue weighted by molar-refractivity contribution is 0.0696. The van der Waals surface area contributed by atoms with Crippen LogP contribution in [0.15, 0.2) is 40.9 Å². The molecule has 0 fully saturated rings. The van der Waals surface area contributed by atoms with Crippen LogP contribution in [0, 0.1) is 0 Å². The predicted molar refractivity (Wildman–Crippen MR) is 84.9 cm³/mol. The lowest BCUT2D eigenvalue weighted by Gasteiger charge is -2.10. The molecule has 0 saturated carbocycles. The van der Waals surface area contributed by atoms with Crippen LogP contribution in [0.2, 0.25) is 5.02 Å². The summed E-state index contributed by atoms with van der Waals surface area (Å²) >= 11 is 9.20. The molecule has 7 heteroatoms. The third-order valence-electron chi connectivity index (χ3n) is 2.72. The molecule has 2 rings (SSSR count). The second-order valence-electron chi connectivity index (χ2n) is 4.19. The lowest BCUT2D eigenvalue weighted by Crippen LogP contribution is -2.14. The molecule has 108 valence electrons. The van der Waals surface area contributed by atoms with E-state index in [1.165, 1.54) is 18.2 Å². The van der Waals surface area contributed by atoms with Crippen molar-refractivity contribution in [3.05, 3.63) is 57.0 Å². The Kier molecular flexibility index (Phi) is 4.50. The highest BCUT2D eigenvalue weighted by Crippen LogP contribution is 2.25. The van der Waals surface area contributed by atoms with Crippen LogP contribution in [0.25, 0.3) is 0 Å². The van der Waals surface area contributed by atoms with Crippen molar-refractivity contribution in [1.82, 2.24) is 0 Å². The lowest BCUT2D eigenvalue weighted by atomic mass is 10.1. The molecule has 2 aromatic rings. The third kappa shape index (κ3) is 3.53. The Bertz CT molecular complexity index is 734. The molecule has 21 heavy (non-hydrogen) atoms. The first-order chi connectivity index (χ1) is 9.88. The van der Waals surface area contributed by atoms with E-state index >= 15 is 0 Å². The van der Waals surface area contributed by atoms with Gasteiger partial charge in [0.1, 0.15) is 0 Å². The van der Waals surface area contributed by atoms with Crippen molar-refractivity contribution in [2.24, 2.45) is 0 Å². The van der Waals surface area contributed by atoms with Gasteiger partial charge in [0, 0.05) is 10.2 Å². The maximum Gasteiger partial charge on any atom is 0.335 e. The normalized spacial score (nSPS) is 10.2. The number of nitrogens with two attached hydrogens (primary N) is 1. The number of anilines is 2. The summed E-state index contributed by atoms with van der Waals surface area (Å²) in [4.78, 5) is 23.1. The number of benzene rings is 2. The van der Waals surface area contributed by atoms with Crippen LogP contribution < -0.4 is 11.1 Å². The number of aromatic carboxylic acids is 1. The summed E-state index contributed by atoms with van der Waals surface area (Å²) < 4.78 is 0.752. The van der Waals surface area contributed by atoms with Crippen molar-refractivity contribution in [3.63, 3.8) is 0 Å². The van der Waals surface area contributed by atoms with E-state index in [2.05, 4.69) is 21.2 Å². The van der Waals surface area contributed by atoms with Gasteiger partial charge in [0.25, 0.3) is 5.91 Å². The van der Waals surface area contributed by atoms with Crippen LogP contribution in [0.5, 0.6) is 0 Å². The molecule has 2 aromatic carbocycles. The Balaban J connectivity index is 2.31. The van der Waals surface area contributed by atoms with E-state index in [9.17, 15) is 9.59 Å². The summed E-state index contributed by atoms with van der Waals surface area (Å²) in [5, 5.41) is 11.7. The minimum absolute atomic E-state index is 0.0264. The number of nitrogens with one attached hydrogen (secondary N) is 1. The summed E-state index contributed by atoms with van der Waals surface area (Å²) in [6.45, 7) is 0. The van der Waals surface area contributed by atoms with Gasteiger partial charge < -0.3 is 16.2 Å². The molecule has 1 amide bonds. The first-order valence-electron chi connectivity index (χ1n) is 5.77. The SMILES string of the molecule is Nc1cc(Br)ccc1C(=O)Nc1cc(C(=O)O)ccc1Cl. The van der Waals surface area contributed by atoms with Gasteiger partial charge in [-0.1, -0.05) is 27.5 Å². The minimum Gasteiger partial charge on any atom is -0.478 e. The van der Waals surface area contributed by atoms with Gasteiger partial charge >= 0.3 is 5.97 Å². The molecule has 0 saturated heterocycles. The molecule has 0 unspecified atom stereocenters. The number of carboxylic acid groups (broad SMARTS) is 1. The van der Waals surface area contributed by atoms with Crippen LogP contribution >= 0.6 is 27.5 Å². The van der Waals surface area contributed by atoms with E-state index in [0.717, 1.165) is 4.47 Å². The van der Waals surface area contributed by atoms with Crippen LogP contribution in [0.1, 0.15) is 20.7 Å². The summed E-state index contributed by atoms with van der Waals surface area (Å²) in [7, 11) is 0. The van der Waals surface area contributed by atoms with Gasteiger partial charge in [-0.3, -0.25) is 4.79 Å². The Morgan fingerprint density at radius 2 is 1.90 bits per heavy atom. The molecule has 0 radical (unpaired) electrons. The van der Waals surface area contributed by atoms with Gasteiger partial charge in [-0.2, -0.15) is 0 Å². The Morgan fingerprint density at radius 3 is 2.52 bits per heavy atom. The van der Waals surface area contributed by atoms with Crippen LogP contribution in [0.4, 0.5) is 11.4 Å². The summed E-state index contributed by atoms with van der Waals surface area (Å²) in [5.74, 6) is -1.57. The summed E-state index contributed by atoms with van der Waals surface area (Å²) in [6.07, 6.45) is 0. The predicted octanol–water partition coefficient (Wildman–Crippen LogP) is 3.64. The summed E-state index contributed by atoms with van der Waals surface area (Å²) in [5.41, 5.74) is 6.58. The number of hydrogen-bond acceptors (Lipinski definition) is 3. The van der Waals surface area contributed by atoms with Gasteiger partial charge in [0.05, 0.1) is 21.8 Å². The fraction of sp³-hybridized carbons (Fsp3) is 0. The molecular weight excluding hydrogens is 360 g/mol. The van der Waals surface area contributed by atoms with Gasteiger partial charge in [-0.25, -0.2) is 4.79 Å². The van der Waals surface area contributed by atoms with Crippen LogP contribution in [-0.2, 0) is 0 Å². The van der Waals surface area contributed by atoms with Crippen LogP contribution in [0.3, 0.4) is 0 Å². The molecule has 0 heterocycles. The number of carbonyl (C=O) groups excluding carboxylic acids is 1. The van der Waals surface area contributed by atoms with Crippen molar-refractivity contribution >= 4 is 50.8 Å². The van der Waals surface area contributed by atoms with Crippen LogP contribution in [-0.4, -0.2) is 17.0 Å². The van der Waals surface area contributed by atoms with Crippen molar-refractivity contribution in [2.75, 3.05) is 11.1 Å². The number of carboxylic acids is 1. The molecule has 0 aliphatic heterocycles. The fourth-order valence-electron chi connectivity index (χ4n) is 1.68. The van der Waals surface area contributed by atoms with Crippen molar-refractivity contribution in [1.29, 1.82) is 0 Å². The number of hydrogen-bond donors (Lipinski definition) is 3. The zero-order chi connectivity index (χ0) is 15.6. The molecule has 0 aromatic heterocycles. The van der Waals surface area contributed by atoms with Crippen molar-refractivity contribution in [3.8, 4) is 0 Å². The molecule has 4 N–H and O–H groups in total. The van der Waals surface area contributed by atoms with E-state index in [1.54, 1.807) is 18.2 Å². The van der Waals surface area contributed by atoms with E-state index < -0.39 is 11.9 Å². The Labute approximate surface area is 133 Å². The smallest absolute Gasteiger partial charge is 0.335 e. The quantitative estimate of drug-likeness (QED) is 0.720. The zero-order valence-corrected chi connectivity index (χ0v) is 12.9. The molecule has 0 bridgehead atoms. The zero-order valence-electron chi connectivity index (χ0n) is 10.6. The monoisotopic (exact) mass is 368 g/mol. The van der Waals surface area contributed by atoms with Gasteiger partial charge in [-0.05, 0) is 36.4 Å². The molecule has 0 atom stereocenters. The first kappa shape index (κ1) is 15.3. The average Bonchev–Trinajstić information content (AvgIpc) is 2.40. The minimum atomic E-state index is -1.11. The molecule has 0 aliphatic carbocycles. The highest BCUT2D eigenvalue weighted by molar-refractivity contribution is 9.10. The highest BCUT2D eigenvalue weighted by atomic mass is 79.9. The van der Waals surface area contributed by atoms with Crippen molar-refractivity contribution < 1.29 is 14.7 Å². The molecular formula is C14H10BrClN2O3. The standard InChI is InChI=1S/C14H10BrClN2O3/c15-8-2-3-9(11(17)6-8)13(19)18-12-5-7(14(20)21)1-4-10(12)16/h1-6H,17H2,(H,18,19)(H,20,21). The van der Waals surface area contributed by atoms with E-state index in [1.807, 2.05) is 0 Å². The average molecular weight is 370 g/mol. The van der Waals surface area contributed by atoms with E-state index in [4.69, 9.17) is 22.4 Å². The Hall–Kier alpha value is -2.05. The highest BCUT2D eigenvalue weighted by Gasteiger charge is 2.13.